The van der Waals surface area contributed by atoms with Gasteiger partial charge in [0.2, 0.25) is 5.91 Å². The summed E-state index contributed by atoms with van der Waals surface area (Å²) in [6.07, 6.45) is 3.06. The van der Waals surface area contributed by atoms with Crippen molar-refractivity contribution in [2.75, 3.05) is 6.54 Å². The van der Waals surface area contributed by atoms with E-state index in [0.29, 0.717) is 23.8 Å². The van der Waals surface area contributed by atoms with Crippen LogP contribution in [0.2, 0.25) is 5.02 Å². The minimum atomic E-state index is -0.821. The largest absolute Gasteiger partial charge is 0.348 e. The number of rotatable bonds is 4. The maximum atomic E-state index is 12.8. The van der Waals surface area contributed by atoms with Crippen LogP contribution in [0.5, 0.6) is 0 Å². The van der Waals surface area contributed by atoms with E-state index in [-0.39, 0.29) is 24.4 Å². The molecule has 140 valence electrons. The summed E-state index contributed by atoms with van der Waals surface area (Å²) in [7, 11) is 0. The summed E-state index contributed by atoms with van der Waals surface area (Å²) in [6, 6.07) is 6.45. The van der Waals surface area contributed by atoms with Gasteiger partial charge in [-0.15, -0.1) is 0 Å². The summed E-state index contributed by atoms with van der Waals surface area (Å²) in [5, 5.41) is 6.19. The first-order valence-corrected chi connectivity index (χ1v) is 9.38. The van der Waals surface area contributed by atoms with Crippen LogP contribution in [0.1, 0.15) is 51.1 Å². The van der Waals surface area contributed by atoms with Crippen molar-refractivity contribution in [3.05, 3.63) is 34.9 Å². The van der Waals surface area contributed by atoms with Crippen molar-refractivity contribution in [1.29, 1.82) is 0 Å². The number of hydrogen-bond donors (Lipinski definition) is 2. The van der Waals surface area contributed by atoms with Crippen molar-refractivity contribution in [2.24, 2.45) is 5.92 Å². The number of carbonyl (C=O) groups is 3. The van der Waals surface area contributed by atoms with Gasteiger partial charge in [0, 0.05) is 5.02 Å². The summed E-state index contributed by atoms with van der Waals surface area (Å²) in [5.74, 6) is -0.115. The fourth-order valence-corrected chi connectivity index (χ4v) is 4.05. The topological polar surface area (TPSA) is 78.5 Å². The van der Waals surface area contributed by atoms with Crippen LogP contribution in [-0.2, 0) is 9.59 Å². The van der Waals surface area contributed by atoms with Crippen LogP contribution in [0.15, 0.2) is 24.3 Å². The van der Waals surface area contributed by atoms with Gasteiger partial charge in [-0.1, -0.05) is 36.7 Å². The predicted molar refractivity (Wildman–Crippen MR) is 98.6 cm³/mol. The highest BCUT2D eigenvalue weighted by molar-refractivity contribution is 6.31. The third kappa shape index (κ3) is 3.56. The van der Waals surface area contributed by atoms with Crippen LogP contribution in [0, 0.1) is 5.92 Å². The van der Waals surface area contributed by atoms with E-state index in [9.17, 15) is 14.4 Å². The average molecular weight is 378 g/mol. The number of nitrogens with one attached hydrogen (secondary N) is 2. The molecule has 1 aliphatic heterocycles. The molecule has 26 heavy (non-hydrogen) atoms. The Morgan fingerprint density at radius 2 is 2.00 bits per heavy atom. The number of halogens is 1. The molecule has 0 radical (unpaired) electrons. The van der Waals surface area contributed by atoms with Crippen LogP contribution in [0.3, 0.4) is 0 Å². The molecule has 1 aliphatic carbocycles. The SMILES string of the molecule is CC1CCC2(CC1)NC(=O)N(CC(=O)N[C@H](C)c1ccccc1Cl)C2=O. The smallest absolute Gasteiger partial charge is 0.325 e. The van der Waals surface area contributed by atoms with E-state index >= 15 is 0 Å². The summed E-state index contributed by atoms with van der Waals surface area (Å²) in [5.41, 5.74) is -0.0319. The number of amides is 4. The third-order valence-corrected chi connectivity index (χ3v) is 5.77. The zero-order valence-electron chi connectivity index (χ0n) is 15.0. The molecule has 2 N–H and O–H groups in total. The fourth-order valence-electron chi connectivity index (χ4n) is 3.75. The molecule has 0 aromatic heterocycles. The molecule has 1 aromatic carbocycles. The first kappa shape index (κ1) is 18.7. The van der Waals surface area contributed by atoms with E-state index < -0.39 is 11.6 Å². The number of carbonyl (C=O) groups excluding carboxylic acids is 3. The van der Waals surface area contributed by atoms with Gasteiger partial charge >= 0.3 is 6.03 Å². The van der Waals surface area contributed by atoms with Gasteiger partial charge in [0.05, 0.1) is 6.04 Å². The number of imide groups is 1. The molecule has 3 rings (SSSR count). The minimum absolute atomic E-state index is 0.281. The molecule has 1 saturated heterocycles. The Kier molecular flexibility index (Phi) is 5.23. The first-order valence-electron chi connectivity index (χ1n) is 9.00. The Bertz CT molecular complexity index is 728. The number of benzene rings is 1. The van der Waals surface area contributed by atoms with Crippen LogP contribution in [0.25, 0.3) is 0 Å². The van der Waals surface area contributed by atoms with E-state index in [0.717, 1.165) is 23.3 Å². The molecular weight excluding hydrogens is 354 g/mol. The Morgan fingerprint density at radius 1 is 1.35 bits per heavy atom. The molecule has 1 aromatic rings. The Balaban J connectivity index is 1.63. The standard InChI is InChI=1S/C19H24ClN3O3/c1-12-7-9-19(10-8-12)17(25)23(18(26)22-19)11-16(24)21-13(2)14-5-3-4-6-15(14)20/h3-6,12-13H,7-11H2,1-2H3,(H,21,24)(H,22,26)/t12?,13-,19?/m1/s1. The molecular formula is C19H24ClN3O3. The van der Waals surface area contributed by atoms with E-state index in [1.165, 1.54) is 0 Å². The van der Waals surface area contributed by atoms with Crippen LogP contribution in [0.4, 0.5) is 4.79 Å². The van der Waals surface area contributed by atoms with Crippen molar-refractivity contribution in [1.82, 2.24) is 15.5 Å². The molecule has 1 saturated carbocycles. The highest BCUT2D eigenvalue weighted by Crippen LogP contribution is 2.36. The summed E-state index contributed by atoms with van der Waals surface area (Å²) >= 11 is 6.15. The average Bonchev–Trinajstić information content (AvgIpc) is 2.82. The molecule has 0 unspecified atom stereocenters. The van der Waals surface area contributed by atoms with E-state index in [2.05, 4.69) is 17.6 Å². The van der Waals surface area contributed by atoms with Crippen molar-refractivity contribution < 1.29 is 14.4 Å². The second-order valence-corrected chi connectivity index (χ2v) is 7.80. The van der Waals surface area contributed by atoms with E-state index in [4.69, 9.17) is 11.6 Å². The first-order chi connectivity index (χ1) is 12.3. The summed E-state index contributed by atoms with van der Waals surface area (Å²) in [4.78, 5) is 38.5. The Morgan fingerprint density at radius 3 is 2.65 bits per heavy atom. The second-order valence-electron chi connectivity index (χ2n) is 7.40. The lowest BCUT2D eigenvalue weighted by molar-refractivity contribution is -0.136. The monoisotopic (exact) mass is 377 g/mol. The van der Waals surface area contributed by atoms with E-state index in [1.807, 2.05) is 25.1 Å². The zero-order chi connectivity index (χ0) is 18.9. The van der Waals surface area contributed by atoms with Crippen LogP contribution in [-0.4, -0.2) is 34.8 Å². The van der Waals surface area contributed by atoms with Crippen LogP contribution < -0.4 is 10.6 Å². The van der Waals surface area contributed by atoms with Crippen LogP contribution >= 0.6 is 11.6 Å². The normalized spacial score (nSPS) is 26.7. The van der Waals surface area contributed by atoms with Crippen molar-refractivity contribution >= 4 is 29.4 Å². The molecule has 1 heterocycles. The van der Waals surface area contributed by atoms with Crippen molar-refractivity contribution in [3.63, 3.8) is 0 Å². The van der Waals surface area contributed by atoms with E-state index in [1.54, 1.807) is 6.07 Å². The van der Waals surface area contributed by atoms with Gasteiger partial charge < -0.3 is 10.6 Å². The van der Waals surface area contributed by atoms with Gasteiger partial charge in [-0.2, -0.15) is 0 Å². The lowest BCUT2D eigenvalue weighted by atomic mass is 9.77. The van der Waals surface area contributed by atoms with Gasteiger partial charge in [-0.05, 0) is 50.2 Å². The Hall–Kier alpha value is -2.08. The molecule has 1 atom stereocenters. The molecule has 1 spiro atoms. The fraction of sp³-hybridized carbons (Fsp3) is 0.526. The summed E-state index contributed by atoms with van der Waals surface area (Å²) < 4.78 is 0. The quantitative estimate of drug-likeness (QED) is 0.791. The third-order valence-electron chi connectivity index (χ3n) is 5.42. The number of nitrogens with zero attached hydrogens (tertiary/aromatic N) is 1. The van der Waals surface area contributed by atoms with Gasteiger partial charge in [0.25, 0.3) is 5.91 Å². The number of urea groups is 1. The highest BCUT2D eigenvalue weighted by atomic mass is 35.5. The molecule has 4 amide bonds. The van der Waals surface area contributed by atoms with Crippen molar-refractivity contribution in [2.45, 2.75) is 51.1 Å². The highest BCUT2D eigenvalue weighted by Gasteiger charge is 2.52. The molecule has 6 nitrogen and oxygen atoms in total. The van der Waals surface area contributed by atoms with Gasteiger partial charge in [0.1, 0.15) is 12.1 Å². The molecule has 7 heteroatoms. The maximum absolute atomic E-state index is 12.8. The zero-order valence-corrected chi connectivity index (χ0v) is 15.8. The number of hydrogen-bond acceptors (Lipinski definition) is 3. The maximum Gasteiger partial charge on any atom is 0.325 e. The lowest BCUT2D eigenvalue weighted by Gasteiger charge is -2.33. The molecule has 0 bridgehead atoms. The second kappa shape index (κ2) is 7.27. The lowest BCUT2D eigenvalue weighted by Crippen LogP contribution is -2.50. The minimum Gasteiger partial charge on any atom is -0.348 e. The van der Waals surface area contributed by atoms with Gasteiger partial charge in [-0.25, -0.2) is 4.79 Å². The summed E-state index contributed by atoms with van der Waals surface area (Å²) in [6.45, 7) is 3.68. The molecule has 2 fully saturated rings. The Labute approximate surface area is 158 Å². The predicted octanol–water partition coefficient (Wildman–Crippen LogP) is 3.02. The van der Waals surface area contributed by atoms with Gasteiger partial charge in [0.15, 0.2) is 0 Å². The molecule has 2 aliphatic rings. The van der Waals surface area contributed by atoms with Crippen molar-refractivity contribution in [3.8, 4) is 0 Å². The van der Waals surface area contributed by atoms with Gasteiger partial charge in [-0.3, -0.25) is 14.5 Å².